The molecule has 0 radical (unpaired) electrons. The number of carboxylic acids is 1. The van der Waals surface area contributed by atoms with Gasteiger partial charge in [0, 0.05) is 11.1 Å². The van der Waals surface area contributed by atoms with Crippen LogP contribution in [0.3, 0.4) is 0 Å². The van der Waals surface area contributed by atoms with Crippen molar-refractivity contribution in [1.82, 2.24) is 0 Å². The zero-order valence-corrected chi connectivity index (χ0v) is 10.2. The van der Waals surface area contributed by atoms with E-state index < -0.39 is 5.97 Å². The second-order valence-corrected chi connectivity index (χ2v) is 3.87. The van der Waals surface area contributed by atoms with E-state index in [9.17, 15) is 9.90 Å². The van der Waals surface area contributed by atoms with E-state index in [1.54, 1.807) is 36.4 Å². The minimum Gasteiger partial charge on any atom is -0.545 e. The lowest BCUT2D eigenvalue weighted by atomic mass is 10.00. The van der Waals surface area contributed by atoms with E-state index >= 15 is 0 Å². The van der Waals surface area contributed by atoms with Crippen molar-refractivity contribution in [3.8, 4) is 22.9 Å². The zero-order valence-electron chi connectivity index (χ0n) is 10.2. The van der Waals surface area contributed by atoms with Crippen molar-refractivity contribution in [3.05, 3.63) is 53.6 Å². The third-order valence-corrected chi connectivity index (χ3v) is 2.74. The molecule has 0 aliphatic heterocycles. The summed E-state index contributed by atoms with van der Waals surface area (Å²) in [4.78, 5) is 11.0. The molecule has 4 heteroatoms. The first-order chi connectivity index (χ1) is 9.17. The van der Waals surface area contributed by atoms with Crippen LogP contribution in [0.1, 0.15) is 15.9 Å². The molecule has 2 aromatic rings. The molecular weight excluding hydrogens is 242 g/mol. The molecule has 0 heterocycles. The van der Waals surface area contributed by atoms with Crippen molar-refractivity contribution in [2.75, 3.05) is 7.11 Å². The maximum Gasteiger partial charge on any atom is 0.135 e. The fourth-order valence-electron chi connectivity index (χ4n) is 1.90. The Bertz CT molecular complexity index is 671. The quantitative estimate of drug-likeness (QED) is 0.831. The molecule has 0 atom stereocenters. The molecule has 0 N–H and O–H groups in total. The maximum atomic E-state index is 11.0. The molecule has 0 amide bonds. The van der Waals surface area contributed by atoms with Gasteiger partial charge in [-0.15, -0.1) is 0 Å². The molecule has 2 rings (SSSR count). The molecule has 0 spiro atoms. The first-order valence-electron chi connectivity index (χ1n) is 5.56. The van der Waals surface area contributed by atoms with Gasteiger partial charge in [-0.25, -0.2) is 0 Å². The van der Waals surface area contributed by atoms with Crippen LogP contribution in [-0.2, 0) is 0 Å². The number of aromatic carboxylic acids is 1. The Labute approximate surface area is 110 Å². The summed E-state index contributed by atoms with van der Waals surface area (Å²) >= 11 is 0. The molecule has 0 saturated carbocycles. The van der Waals surface area contributed by atoms with Gasteiger partial charge in [0.2, 0.25) is 0 Å². The number of methoxy groups -OCH3 is 1. The summed E-state index contributed by atoms with van der Waals surface area (Å²) in [6.45, 7) is 0. The van der Waals surface area contributed by atoms with Crippen LogP contribution in [0, 0.1) is 11.3 Å². The van der Waals surface area contributed by atoms with E-state index in [1.807, 2.05) is 6.07 Å². The number of carboxylic acid groups (broad SMARTS) is 1. The average molecular weight is 252 g/mol. The molecule has 2 aromatic carbocycles. The lowest BCUT2D eigenvalue weighted by Crippen LogP contribution is -2.23. The molecule has 94 valence electrons. The molecule has 4 nitrogen and oxygen atoms in total. The summed E-state index contributed by atoms with van der Waals surface area (Å²) < 4.78 is 5.16. The molecule has 0 aliphatic carbocycles. The number of rotatable bonds is 3. The largest absolute Gasteiger partial charge is 0.545 e. The van der Waals surface area contributed by atoms with E-state index in [1.165, 1.54) is 13.2 Å². The van der Waals surface area contributed by atoms with Crippen LogP contribution in [-0.4, -0.2) is 13.1 Å². The number of hydrogen-bond acceptors (Lipinski definition) is 4. The predicted octanol–water partition coefficient (Wildman–Crippen LogP) is 1.60. The molecule has 0 unspecified atom stereocenters. The van der Waals surface area contributed by atoms with E-state index in [0.29, 0.717) is 11.1 Å². The lowest BCUT2D eigenvalue weighted by Gasteiger charge is -2.14. The van der Waals surface area contributed by atoms with E-state index in [2.05, 4.69) is 0 Å². The fraction of sp³-hybridized carbons (Fsp3) is 0.0667. The van der Waals surface area contributed by atoms with Gasteiger partial charge in [0.05, 0.1) is 24.7 Å². The summed E-state index contributed by atoms with van der Waals surface area (Å²) in [6.07, 6.45) is 0. The fourth-order valence-corrected chi connectivity index (χ4v) is 1.90. The summed E-state index contributed by atoms with van der Waals surface area (Å²) in [6, 6.07) is 13.7. The highest BCUT2D eigenvalue weighted by atomic mass is 16.5. The van der Waals surface area contributed by atoms with Crippen molar-refractivity contribution in [2.24, 2.45) is 0 Å². The number of carbonyl (C=O) groups excluding carboxylic acids is 1. The molecule has 0 bridgehead atoms. The summed E-state index contributed by atoms with van der Waals surface area (Å²) in [7, 11) is 1.40. The molecular formula is C15H10NO3-. The van der Waals surface area contributed by atoms with Crippen molar-refractivity contribution in [1.29, 1.82) is 5.26 Å². The van der Waals surface area contributed by atoms with Gasteiger partial charge in [0.25, 0.3) is 0 Å². The van der Waals surface area contributed by atoms with Gasteiger partial charge in [0.1, 0.15) is 5.75 Å². The standard InChI is InChI=1S/C15H11NO3/c1-19-14-12(6-3-7-13(14)15(17)18)11-5-2-4-10(8-11)9-16/h2-8H,1H3,(H,17,18)/p-1. The Balaban J connectivity index is 2.65. The topological polar surface area (TPSA) is 73.2 Å². The number of para-hydroxylation sites is 1. The van der Waals surface area contributed by atoms with Crippen LogP contribution in [0.5, 0.6) is 5.75 Å². The van der Waals surface area contributed by atoms with Gasteiger partial charge < -0.3 is 14.6 Å². The molecule has 0 saturated heterocycles. The van der Waals surface area contributed by atoms with E-state index in [-0.39, 0.29) is 11.3 Å². The number of benzene rings is 2. The van der Waals surface area contributed by atoms with Crippen LogP contribution < -0.4 is 9.84 Å². The van der Waals surface area contributed by atoms with E-state index in [0.717, 1.165) is 5.56 Å². The van der Waals surface area contributed by atoms with Crippen LogP contribution in [0.25, 0.3) is 11.1 Å². The van der Waals surface area contributed by atoms with Gasteiger partial charge >= 0.3 is 0 Å². The number of ether oxygens (including phenoxy) is 1. The molecule has 0 aliphatic rings. The lowest BCUT2D eigenvalue weighted by molar-refractivity contribution is -0.255. The van der Waals surface area contributed by atoms with E-state index in [4.69, 9.17) is 10.00 Å². The average Bonchev–Trinajstić information content (AvgIpc) is 2.46. The van der Waals surface area contributed by atoms with Crippen molar-refractivity contribution in [2.45, 2.75) is 0 Å². The third-order valence-electron chi connectivity index (χ3n) is 2.74. The third kappa shape index (κ3) is 2.40. The van der Waals surface area contributed by atoms with Crippen molar-refractivity contribution in [3.63, 3.8) is 0 Å². The minimum absolute atomic E-state index is 0.0117. The zero-order chi connectivity index (χ0) is 13.8. The maximum absolute atomic E-state index is 11.0. The van der Waals surface area contributed by atoms with Gasteiger partial charge in [-0.3, -0.25) is 0 Å². The van der Waals surface area contributed by atoms with Crippen molar-refractivity contribution >= 4 is 5.97 Å². The number of nitriles is 1. The number of carbonyl (C=O) groups is 1. The first-order valence-corrected chi connectivity index (χ1v) is 5.56. The van der Waals surface area contributed by atoms with Gasteiger partial charge in [-0.2, -0.15) is 5.26 Å². The first kappa shape index (κ1) is 12.7. The summed E-state index contributed by atoms with van der Waals surface area (Å²) in [5.41, 5.74) is 1.82. The monoisotopic (exact) mass is 252 g/mol. The van der Waals surface area contributed by atoms with Crippen LogP contribution in [0.2, 0.25) is 0 Å². The molecule has 19 heavy (non-hydrogen) atoms. The van der Waals surface area contributed by atoms with Crippen LogP contribution in [0.4, 0.5) is 0 Å². The van der Waals surface area contributed by atoms with Crippen LogP contribution in [0.15, 0.2) is 42.5 Å². The SMILES string of the molecule is COc1c(C(=O)[O-])cccc1-c1cccc(C#N)c1. The van der Waals surface area contributed by atoms with Gasteiger partial charge in [-0.1, -0.05) is 24.3 Å². The van der Waals surface area contributed by atoms with Gasteiger partial charge in [-0.05, 0) is 23.8 Å². The highest BCUT2D eigenvalue weighted by Gasteiger charge is 2.11. The number of hydrogen-bond donors (Lipinski definition) is 0. The van der Waals surface area contributed by atoms with Crippen molar-refractivity contribution < 1.29 is 14.6 Å². The highest BCUT2D eigenvalue weighted by Crippen LogP contribution is 2.33. The van der Waals surface area contributed by atoms with Crippen LogP contribution >= 0.6 is 0 Å². The summed E-state index contributed by atoms with van der Waals surface area (Å²) in [5.74, 6) is -1.06. The second-order valence-electron chi connectivity index (χ2n) is 3.87. The Morgan fingerprint density at radius 2 is 2.00 bits per heavy atom. The number of nitrogens with zero attached hydrogens (tertiary/aromatic N) is 1. The molecule has 0 fully saturated rings. The normalized spacial score (nSPS) is 9.68. The second kappa shape index (κ2) is 5.23. The smallest absolute Gasteiger partial charge is 0.135 e. The Morgan fingerprint density at radius 3 is 2.63 bits per heavy atom. The Morgan fingerprint density at radius 1 is 1.26 bits per heavy atom. The highest BCUT2D eigenvalue weighted by molar-refractivity contribution is 5.93. The Hall–Kier alpha value is -2.80. The minimum atomic E-state index is -1.30. The molecule has 0 aromatic heterocycles. The summed E-state index contributed by atoms with van der Waals surface area (Å²) in [5, 5.41) is 19.9. The van der Waals surface area contributed by atoms with Gasteiger partial charge in [0.15, 0.2) is 0 Å². The predicted molar refractivity (Wildman–Crippen MR) is 67.5 cm³/mol. The Kier molecular flexibility index (Phi) is 3.48.